The Morgan fingerprint density at radius 3 is 2.62 bits per heavy atom. The number of piperidine rings is 1. The molecule has 1 saturated heterocycles. The van der Waals surface area contributed by atoms with Gasteiger partial charge in [0.25, 0.3) is 0 Å². The van der Waals surface area contributed by atoms with Gasteiger partial charge in [-0.1, -0.05) is 0 Å². The number of rotatable bonds is 5. The van der Waals surface area contributed by atoms with Crippen molar-refractivity contribution >= 4 is 11.7 Å². The van der Waals surface area contributed by atoms with Crippen LogP contribution in [0, 0.1) is 5.92 Å². The van der Waals surface area contributed by atoms with Gasteiger partial charge >= 0.3 is 0 Å². The van der Waals surface area contributed by atoms with E-state index in [2.05, 4.69) is 21.3 Å². The molecule has 134 valence electrons. The van der Waals surface area contributed by atoms with Crippen LogP contribution in [-0.4, -0.2) is 28.5 Å². The van der Waals surface area contributed by atoms with Crippen molar-refractivity contribution in [1.82, 2.24) is 14.9 Å². The van der Waals surface area contributed by atoms with Crippen LogP contribution in [0.4, 0.5) is 5.82 Å². The van der Waals surface area contributed by atoms with Gasteiger partial charge in [-0.25, -0.2) is 4.98 Å². The van der Waals surface area contributed by atoms with Crippen molar-refractivity contribution in [3.05, 3.63) is 67.0 Å². The molecule has 1 fully saturated rings. The number of carbonyl (C=O) groups excluding carboxylic acids is 1. The highest BCUT2D eigenvalue weighted by Crippen LogP contribution is 2.23. The summed E-state index contributed by atoms with van der Waals surface area (Å²) in [6.07, 6.45) is 9.19. The zero-order valence-electron chi connectivity index (χ0n) is 14.5. The first-order valence-electron chi connectivity index (χ1n) is 8.94. The van der Waals surface area contributed by atoms with E-state index in [1.807, 2.05) is 53.5 Å². The van der Waals surface area contributed by atoms with Crippen LogP contribution in [0.3, 0.4) is 0 Å². The van der Waals surface area contributed by atoms with E-state index in [4.69, 9.17) is 4.42 Å². The number of nitrogens with one attached hydrogen (secondary N) is 1. The van der Waals surface area contributed by atoms with Crippen molar-refractivity contribution in [2.45, 2.75) is 19.4 Å². The van der Waals surface area contributed by atoms with Crippen LogP contribution in [0.2, 0.25) is 0 Å². The maximum atomic E-state index is 12.3. The third kappa shape index (κ3) is 3.64. The summed E-state index contributed by atoms with van der Waals surface area (Å²) in [7, 11) is 0. The van der Waals surface area contributed by atoms with Crippen LogP contribution in [0.5, 0.6) is 0 Å². The lowest BCUT2D eigenvalue weighted by Gasteiger charge is -2.32. The molecule has 1 amide bonds. The Hall–Kier alpha value is -3.02. The van der Waals surface area contributed by atoms with Crippen molar-refractivity contribution in [2.24, 2.45) is 5.92 Å². The number of anilines is 1. The number of pyridine rings is 1. The Bertz CT molecular complexity index is 817. The normalized spacial score (nSPS) is 15.2. The Morgan fingerprint density at radius 2 is 1.96 bits per heavy atom. The molecule has 0 bridgehead atoms. The van der Waals surface area contributed by atoms with E-state index in [-0.39, 0.29) is 11.8 Å². The molecular formula is C20H22N4O2. The lowest BCUT2D eigenvalue weighted by atomic mass is 9.96. The van der Waals surface area contributed by atoms with Crippen LogP contribution in [0.15, 0.2) is 65.7 Å². The fourth-order valence-corrected chi connectivity index (χ4v) is 3.33. The van der Waals surface area contributed by atoms with Gasteiger partial charge in [-0.15, -0.1) is 0 Å². The van der Waals surface area contributed by atoms with Gasteiger partial charge in [-0.05, 0) is 49.2 Å². The predicted molar refractivity (Wildman–Crippen MR) is 99.1 cm³/mol. The number of furan rings is 1. The van der Waals surface area contributed by atoms with E-state index < -0.39 is 0 Å². The minimum absolute atomic E-state index is 0.0559. The molecule has 4 heterocycles. The van der Waals surface area contributed by atoms with Gasteiger partial charge in [-0.3, -0.25) is 4.79 Å². The largest absolute Gasteiger partial charge is 0.467 e. The zero-order chi connectivity index (χ0) is 17.8. The maximum Gasteiger partial charge on any atom is 0.223 e. The molecule has 0 radical (unpaired) electrons. The fraction of sp³-hybridized carbons (Fsp3) is 0.300. The van der Waals surface area contributed by atoms with Crippen LogP contribution in [0.25, 0.3) is 5.69 Å². The van der Waals surface area contributed by atoms with Crippen molar-refractivity contribution in [2.75, 3.05) is 18.0 Å². The number of aromatic nitrogens is 2. The number of nitrogens with zero attached hydrogens (tertiary/aromatic N) is 3. The molecule has 26 heavy (non-hydrogen) atoms. The van der Waals surface area contributed by atoms with Gasteiger partial charge < -0.3 is 19.2 Å². The standard InChI is InChI=1S/C20H22N4O2/c25-20(22-15-18-4-3-13-26-18)16-7-11-24(12-8-16)19-6-5-17(14-21-19)23-9-1-2-10-23/h1-6,9-10,13-14,16H,7-8,11-12,15H2,(H,22,25). The monoisotopic (exact) mass is 350 g/mol. The maximum absolute atomic E-state index is 12.3. The first kappa shape index (κ1) is 16.4. The van der Waals surface area contributed by atoms with Gasteiger partial charge in [0.05, 0.1) is 24.7 Å². The summed E-state index contributed by atoms with van der Waals surface area (Å²) in [5, 5.41) is 2.96. The van der Waals surface area contributed by atoms with Crippen molar-refractivity contribution in [3.63, 3.8) is 0 Å². The summed E-state index contributed by atoms with van der Waals surface area (Å²) in [6, 6.07) is 11.8. The van der Waals surface area contributed by atoms with E-state index in [9.17, 15) is 4.79 Å². The van der Waals surface area contributed by atoms with Gasteiger partial charge in [0.2, 0.25) is 5.91 Å². The van der Waals surface area contributed by atoms with Crippen LogP contribution in [-0.2, 0) is 11.3 Å². The Kier molecular flexibility index (Phi) is 4.73. The average Bonchev–Trinajstić information content (AvgIpc) is 3.40. The van der Waals surface area contributed by atoms with E-state index in [1.54, 1.807) is 6.26 Å². The summed E-state index contributed by atoms with van der Waals surface area (Å²) < 4.78 is 7.28. The second-order valence-corrected chi connectivity index (χ2v) is 6.52. The molecular weight excluding hydrogens is 328 g/mol. The molecule has 0 aromatic carbocycles. The Balaban J connectivity index is 1.29. The summed E-state index contributed by atoms with van der Waals surface area (Å²) >= 11 is 0. The van der Waals surface area contributed by atoms with Crippen LogP contribution >= 0.6 is 0 Å². The minimum atomic E-state index is 0.0559. The third-order valence-corrected chi connectivity index (χ3v) is 4.84. The highest BCUT2D eigenvalue weighted by Gasteiger charge is 2.25. The lowest BCUT2D eigenvalue weighted by Crippen LogP contribution is -2.40. The molecule has 0 aliphatic carbocycles. The van der Waals surface area contributed by atoms with Gasteiger partial charge in [0, 0.05) is 31.4 Å². The molecule has 0 spiro atoms. The molecule has 0 atom stereocenters. The minimum Gasteiger partial charge on any atom is -0.467 e. The van der Waals surface area contributed by atoms with Crippen LogP contribution in [0.1, 0.15) is 18.6 Å². The Morgan fingerprint density at radius 1 is 1.15 bits per heavy atom. The molecule has 0 unspecified atom stereocenters. The molecule has 1 aliphatic heterocycles. The summed E-state index contributed by atoms with van der Waals surface area (Å²) in [5.41, 5.74) is 1.05. The second-order valence-electron chi connectivity index (χ2n) is 6.52. The molecule has 1 aliphatic rings. The van der Waals surface area contributed by atoms with Gasteiger partial charge in [0.15, 0.2) is 0 Å². The fourth-order valence-electron chi connectivity index (χ4n) is 3.33. The second kappa shape index (κ2) is 7.47. The predicted octanol–water partition coefficient (Wildman–Crippen LogP) is 3.00. The van der Waals surface area contributed by atoms with Gasteiger partial charge in [0.1, 0.15) is 11.6 Å². The first-order chi connectivity index (χ1) is 12.8. The van der Waals surface area contributed by atoms with Crippen molar-refractivity contribution < 1.29 is 9.21 Å². The van der Waals surface area contributed by atoms with E-state index in [0.717, 1.165) is 43.2 Å². The van der Waals surface area contributed by atoms with Crippen molar-refractivity contribution in [1.29, 1.82) is 0 Å². The molecule has 1 N–H and O–H groups in total. The third-order valence-electron chi connectivity index (χ3n) is 4.84. The van der Waals surface area contributed by atoms with E-state index in [0.29, 0.717) is 6.54 Å². The number of carbonyl (C=O) groups is 1. The molecule has 6 heteroatoms. The highest BCUT2D eigenvalue weighted by molar-refractivity contribution is 5.78. The summed E-state index contributed by atoms with van der Waals surface area (Å²) in [5.74, 6) is 1.91. The lowest BCUT2D eigenvalue weighted by molar-refractivity contribution is -0.125. The molecule has 3 aromatic heterocycles. The van der Waals surface area contributed by atoms with E-state index in [1.165, 1.54) is 0 Å². The average molecular weight is 350 g/mol. The van der Waals surface area contributed by atoms with Crippen LogP contribution < -0.4 is 10.2 Å². The molecule has 0 saturated carbocycles. The van der Waals surface area contributed by atoms with Gasteiger partial charge in [-0.2, -0.15) is 0 Å². The number of amides is 1. The topological polar surface area (TPSA) is 63.3 Å². The molecule has 4 rings (SSSR count). The summed E-state index contributed by atoms with van der Waals surface area (Å²) in [6.45, 7) is 2.14. The van der Waals surface area contributed by atoms with E-state index >= 15 is 0 Å². The van der Waals surface area contributed by atoms with Crippen molar-refractivity contribution in [3.8, 4) is 5.69 Å². The zero-order valence-corrected chi connectivity index (χ0v) is 14.5. The molecule has 6 nitrogen and oxygen atoms in total. The number of hydrogen-bond acceptors (Lipinski definition) is 4. The SMILES string of the molecule is O=C(NCc1ccco1)C1CCN(c2ccc(-n3cccc3)cn2)CC1. The first-order valence-corrected chi connectivity index (χ1v) is 8.94. The molecule has 3 aromatic rings. The summed E-state index contributed by atoms with van der Waals surface area (Å²) in [4.78, 5) is 19.2. The Labute approximate surface area is 152 Å². The quantitative estimate of drug-likeness (QED) is 0.768. The highest BCUT2D eigenvalue weighted by atomic mass is 16.3. The number of hydrogen-bond donors (Lipinski definition) is 1. The smallest absolute Gasteiger partial charge is 0.223 e.